The van der Waals surface area contributed by atoms with Gasteiger partial charge in [0.15, 0.2) is 5.90 Å². The van der Waals surface area contributed by atoms with Crippen molar-refractivity contribution in [1.82, 2.24) is 4.72 Å². The first-order valence-electron chi connectivity index (χ1n) is 7.78. The Kier molecular flexibility index (Phi) is 10.9. The molecule has 132 valence electrons. The molecule has 5 nitrogen and oxygen atoms in total. The van der Waals surface area contributed by atoms with Crippen LogP contribution >= 0.6 is 12.4 Å². The summed E-state index contributed by atoms with van der Waals surface area (Å²) in [6, 6.07) is 7.01. The highest BCUT2D eigenvalue weighted by Gasteiger charge is 2.13. The molecule has 0 aromatic heterocycles. The highest BCUT2D eigenvalue weighted by Crippen LogP contribution is 2.13. The third-order valence-corrected chi connectivity index (χ3v) is 4.74. The van der Waals surface area contributed by atoms with Crippen LogP contribution in [-0.4, -0.2) is 27.5 Å². The van der Waals surface area contributed by atoms with Crippen LogP contribution in [0.5, 0.6) is 0 Å². The summed E-state index contributed by atoms with van der Waals surface area (Å²) in [4.78, 5) is 0.259. The van der Waals surface area contributed by atoms with Gasteiger partial charge in [-0.1, -0.05) is 31.9 Å². The molecular formula is C16H27ClN2O3S. The first kappa shape index (κ1) is 21.9. The van der Waals surface area contributed by atoms with Crippen LogP contribution in [0, 0.1) is 5.41 Å². The molecule has 0 fully saturated rings. The third-order valence-electron chi connectivity index (χ3n) is 3.27. The van der Waals surface area contributed by atoms with Crippen molar-refractivity contribution in [3.63, 3.8) is 0 Å². The SMILES string of the molecule is CCCCCc1ccc(S(=O)(=O)NCCC(=N)OCC)cc1.Cl. The highest BCUT2D eigenvalue weighted by molar-refractivity contribution is 7.89. The maximum Gasteiger partial charge on any atom is 0.240 e. The van der Waals surface area contributed by atoms with Crippen LogP contribution in [0.4, 0.5) is 0 Å². The molecule has 0 spiro atoms. The maximum atomic E-state index is 12.1. The number of nitrogens with one attached hydrogen (secondary N) is 2. The van der Waals surface area contributed by atoms with Crippen LogP contribution in [0.1, 0.15) is 45.1 Å². The van der Waals surface area contributed by atoms with E-state index in [9.17, 15) is 8.42 Å². The van der Waals surface area contributed by atoms with Crippen molar-refractivity contribution in [2.45, 2.75) is 50.8 Å². The van der Waals surface area contributed by atoms with Gasteiger partial charge < -0.3 is 4.74 Å². The lowest BCUT2D eigenvalue weighted by atomic mass is 10.1. The van der Waals surface area contributed by atoms with Gasteiger partial charge >= 0.3 is 0 Å². The van der Waals surface area contributed by atoms with E-state index in [0.717, 1.165) is 18.4 Å². The number of unbranched alkanes of at least 4 members (excludes halogenated alkanes) is 2. The molecule has 0 aliphatic heterocycles. The van der Waals surface area contributed by atoms with E-state index in [1.807, 2.05) is 12.1 Å². The van der Waals surface area contributed by atoms with Gasteiger partial charge in [0.05, 0.1) is 11.5 Å². The second-order valence-corrected chi connectivity index (χ2v) is 6.87. The van der Waals surface area contributed by atoms with Gasteiger partial charge in [-0.25, -0.2) is 13.1 Å². The Hall–Kier alpha value is -1.11. The molecule has 0 unspecified atom stereocenters. The molecule has 0 bridgehead atoms. The Balaban J connectivity index is 0.00000484. The average Bonchev–Trinajstić information content (AvgIpc) is 2.48. The van der Waals surface area contributed by atoms with Gasteiger partial charge in [0.2, 0.25) is 10.0 Å². The average molecular weight is 363 g/mol. The van der Waals surface area contributed by atoms with Crippen molar-refractivity contribution in [1.29, 1.82) is 5.41 Å². The summed E-state index contributed by atoms with van der Waals surface area (Å²) in [5.41, 5.74) is 1.16. The Bertz CT molecular complexity index is 559. The molecule has 0 saturated carbocycles. The van der Waals surface area contributed by atoms with E-state index >= 15 is 0 Å². The molecule has 0 aliphatic carbocycles. The number of ether oxygens (including phenoxy) is 1. The van der Waals surface area contributed by atoms with Crippen LogP contribution in [-0.2, 0) is 21.2 Å². The zero-order chi connectivity index (χ0) is 16.4. The third kappa shape index (κ3) is 8.34. The Morgan fingerprint density at radius 1 is 1.17 bits per heavy atom. The standard InChI is InChI=1S/C16H26N2O3S.ClH/c1-3-5-6-7-14-8-10-15(11-9-14)22(19,20)18-13-12-16(17)21-4-2;/h8-11,17-18H,3-7,12-13H2,1-2H3;1H. The number of hydrogen-bond donors (Lipinski definition) is 2. The van der Waals surface area contributed by atoms with Crippen molar-refractivity contribution < 1.29 is 13.2 Å². The minimum Gasteiger partial charge on any atom is -0.481 e. The molecular weight excluding hydrogens is 336 g/mol. The number of halogens is 1. The molecule has 0 aliphatic rings. The lowest BCUT2D eigenvalue weighted by Gasteiger charge is -2.08. The van der Waals surface area contributed by atoms with Gasteiger partial charge in [-0.3, -0.25) is 5.41 Å². The number of benzene rings is 1. The van der Waals surface area contributed by atoms with Crippen LogP contribution in [0.15, 0.2) is 29.2 Å². The summed E-state index contributed by atoms with van der Waals surface area (Å²) in [6.07, 6.45) is 4.72. The Labute approximate surface area is 145 Å². The highest BCUT2D eigenvalue weighted by atomic mass is 35.5. The van der Waals surface area contributed by atoms with Crippen molar-refractivity contribution in [2.24, 2.45) is 0 Å². The molecule has 1 aromatic rings. The Morgan fingerprint density at radius 2 is 1.83 bits per heavy atom. The van der Waals surface area contributed by atoms with Crippen LogP contribution in [0.25, 0.3) is 0 Å². The fourth-order valence-electron chi connectivity index (χ4n) is 2.04. The summed E-state index contributed by atoms with van der Waals surface area (Å²) in [5.74, 6) is 0.0940. The van der Waals surface area contributed by atoms with Crippen LogP contribution in [0.3, 0.4) is 0 Å². The van der Waals surface area contributed by atoms with Gasteiger partial charge in [0.25, 0.3) is 0 Å². The van der Waals surface area contributed by atoms with Crippen molar-refractivity contribution in [3.8, 4) is 0 Å². The Morgan fingerprint density at radius 3 is 2.39 bits per heavy atom. The van der Waals surface area contributed by atoms with Gasteiger partial charge in [-0.05, 0) is 37.5 Å². The van der Waals surface area contributed by atoms with Gasteiger partial charge in [-0.2, -0.15) is 0 Å². The molecule has 0 atom stereocenters. The molecule has 23 heavy (non-hydrogen) atoms. The van der Waals surface area contributed by atoms with Gasteiger partial charge in [0.1, 0.15) is 0 Å². The summed E-state index contributed by atoms with van der Waals surface area (Å²) >= 11 is 0. The minimum absolute atomic E-state index is 0. The lowest BCUT2D eigenvalue weighted by Crippen LogP contribution is -2.26. The van der Waals surface area contributed by atoms with Crippen LogP contribution < -0.4 is 4.72 Å². The second kappa shape index (κ2) is 11.4. The van der Waals surface area contributed by atoms with Crippen molar-refractivity contribution in [3.05, 3.63) is 29.8 Å². The molecule has 1 rings (SSSR count). The molecule has 7 heteroatoms. The number of sulfonamides is 1. The first-order chi connectivity index (χ1) is 10.5. The molecule has 0 radical (unpaired) electrons. The number of aryl methyl sites for hydroxylation is 1. The summed E-state index contributed by atoms with van der Waals surface area (Å²) in [7, 11) is -3.52. The van der Waals surface area contributed by atoms with E-state index in [1.165, 1.54) is 12.8 Å². The summed E-state index contributed by atoms with van der Waals surface area (Å²) in [5, 5.41) is 7.45. The largest absolute Gasteiger partial charge is 0.481 e. The van der Waals surface area contributed by atoms with E-state index in [2.05, 4.69) is 11.6 Å². The van der Waals surface area contributed by atoms with Gasteiger partial charge in [-0.15, -0.1) is 12.4 Å². The number of rotatable bonds is 10. The zero-order valence-electron chi connectivity index (χ0n) is 13.8. The monoisotopic (exact) mass is 362 g/mol. The fraction of sp³-hybridized carbons (Fsp3) is 0.562. The lowest BCUT2D eigenvalue weighted by molar-refractivity contribution is 0.314. The topological polar surface area (TPSA) is 79.3 Å². The van der Waals surface area contributed by atoms with Gasteiger partial charge in [0, 0.05) is 13.0 Å². The smallest absolute Gasteiger partial charge is 0.240 e. The summed E-state index contributed by atoms with van der Waals surface area (Å²) < 4.78 is 31.7. The number of hydrogen-bond acceptors (Lipinski definition) is 4. The minimum atomic E-state index is -3.52. The van der Waals surface area contributed by atoms with E-state index in [4.69, 9.17) is 10.1 Å². The molecule has 2 N–H and O–H groups in total. The van der Waals surface area contributed by atoms with E-state index in [-0.39, 0.29) is 36.2 Å². The fourth-order valence-corrected chi connectivity index (χ4v) is 3.07. The predicted octanol–water partition coefficient (Wildman–Crippen LogP) is 3.52. The van der Waals surface area contributed by atoms with Crippen molar-refractivity contribution >= 4 is 28.3 Å². The van der Waals surface area contributed by atoms with Crippen molar-refractivity contribution in [2.75, 3.05) is 13.2 Å². The maximum absolute atomic E-state index is 12.1. The van der Waals surface area contributed by atoms with E-state index in [1.54, 1.807) is 19.1 Å². The van der Waals surface area contributed by atoms with Crippen LogP contribution in [0.2, 0.25) is 0 Å². The summed E-state index contributed by atoms with van der Waals surface area (Å²) in [6.45, 7) is 4.54. The van der Waals surface area contributed by atoms with E-state index in [0.29, 0.717) is 6.61 Å². The quantitative estimate of drug-likeness (QED) is 0.379. The predicted molar refractivity (Wildman–Crippen MR) is 96.1 cm³/mol. The van der Waals surface area contributed by atoms with E-state index < -0.39 is 10.0 Å². The second-order valence-electron chi connectivity index (χ2n) is 5.11. The first-order valence-corrected chi connectivity index (χ1v) is 9.26. The molecule has 0 heterocycles. The molecule has 0 saturated heterocycles. The zero-order valence-corrected chi connectivity index (χ0v) is 15.4. The molecule has 1 aromatic carbocycles. The normalized spacial score (nSPS) is 10.9. The molecule has 0 amide bonds.